The maximum atomic E-state index is 11.4. The molecule has 0 radical (unpaired) electrons. The van der Waals surface area contributed by atoms with E-state index < -0.39 is 0 Å². The van der Waals surface area contributed by atoms with Crippen LogP contribution in [-0.2, 0) is 0 Å². The number of nitrogens with zero attached hydrogens (tertiary/aromatic N) is 1. The molecule has 0 fully saturated rings. The van der Waals surface area contributed by atoms with E-state index >= 15 is 0 Å². The maximum Gasteiger partial charge on any atom is 0.264 e. The molecule has 0 N–H and O–H groups in total. The SMILES string of the molecule is CN(C)C(=S)Oc1cccccc1=O. The van der Waals surface area contributed by atoms with E-state index in [0.29, 0.717) is 0 Å². The molecule has 0 spiro atoms. The standard InChI is InChI=1S/C10H11NO2S/c1-11(2)10(14)13-9-7-5-3-4-6-8(9)12/h3-7H,1-2H3. The molecule has 0 bridgehead atoms. The normalized spacial score (nSPS) is 9.29. The predicted octanol–water partition coefficient (Wildman–Crippen LogP) is 1.27. The monoisotopic (exact) mass is 209 g/mol. The molecule has 0 heterocycles. The third-order valence-electron chi connectivity index (χ3n) is 1.52. The number of hydrogen-bond acceptors (Lipinski definition) is 3. The Kier molecular flexibility index (Phi) is 3.59. The summed E-state index contributed by atoms with van der Waals surface area (Å²) in [6, 6.07) is 8.18. The van der Waals surface area contributed by atoms with Crippen LogP contribution in [0.2, 0.25) is 0 Å². The van der Waals surface area contributed by atoms with Crippen LogP contribution in [0.4, 0.5) is 0 Å². The molecule has 14 heavy (non-hydrogen) atoms. The van der Waals surface area contributed by atoms with Crippen LogP contribution in [0, 0.1) is 0 Å². The van der Waals surface area contributed by atoms with E-state index in [9.17, 15) is 4.79 Å². The maximum absolute atomic E-state index is 11.4. The summed E-state index contributed by atoms with van der Waals surface area (Å²) >= 11 is 4.92. The summed E-state index contributed by atoms with van der Waals surface area (Å²) in [5.74, 6) is 0.244. The first kappa shape index (κ1) is 10.7. The third kappa shape index (κ3) is 2.81. The van der Waals surface area contributed by atoms with Crippen molar-refractivity contribution in [3.8, 4) is 5.75 Å². The fourth-order valence-corrected chi connectivity index (χ4v) is 0.874. The number of ether oxygens (including phenoxy) is 1. The quantitative estimate of drug-likeness (QED) is 0.651. The van der Waals surface area contributed by atoms with Gasteiger partial charge in [-0.2, -0.15) is 0 Å². The molecule has 0 saturated carbocycles. The molecule has 0 aliphatic heterocycles. The van der Waals surface area contributed by atoms with Crippen LogP contribution in [0.3, 0.4) is 0 Å². The highest BCUT2D eigenvalue weighted by Crippen LogP contribution is 2.02. The smallest absolute Gasteiger partial charge is 0.264 e. The van der Waals surface area contributed by atoms with Crippen LogP contribution in [0.5, 0.6) is 5.75 Å². The lowest BCUT2D eigenvalue weighted by Gasteiger charge is -2.12. The Morgan fingerprint density at radius 3 is 2.57 bits per heavy atom. The molecule has 74 valence electrons. The minimum absolute atomic E-state index is 0.181. The minimum Gasteiger partial charge on any atom is -0.428 e. The topological polar surface area (TPSA) is 29.5 Å². The zero-order valence-corrected chi connectivity index (χ0v) is 8.88. The Labute approximate surface area is 87.9 Å². The van der Waals surface area contributed by atoms with E-state index in [1.807, 2.05) is 0 Å². The van der Waals surface area contributed by atoms with E-state index in [-0.39, 0.29) is 16.4 Å². The van der Waals surface area contributed by atoms with Crippen LogP contribution in [0.25, 0.3) is 0 Å². The average Bonchev–Trinajstić information content (AvgIpc) is 2.32. The van der Waals surface area contributed by atoms with Gasteiger partial charge < -0.3 is 9.64 Å². The van der Waals surface area contributed by atoms with E-state index in [2.05, 4.69) is 0 Å². The molecular formula is C10H11NO2S. The Morgan fingerprint density at radius 2 is 1.93 bits per heavy atom. The Hall–Kier alpha value is -1.42. The fourth-order valence-electron chi connectivity index (χ4n) is 0.784. The Bertz CT molecular complexity index is 390. The lowest BCUT2D eigenvalue weighted by molar-refractivity contribution is 0.447. The van der Waals surface area contributed by atoms with E-state index in [0.717, 1.165) is 0 Å². The zero-order valence-electron chi connectivity index (χ0n) is 8.06. The summed E-state index contributed by atoms with van der Waals surface area (Å²) in [4.78, 5) is 13.0. The van der Waals surface area contributed by atoms with Gasteiger partial charge in [-0.05, 0) is 24.4 Å². The molecule has 0 saturated heterocycles. The molecular weight excluding hydrogens is 198 g/mol. The third-order valence-corrected chi connectivity index (χ3v) is 1.97. The van der Waals surface area contributed by atoms with Gasteiger partial charge in [0, 0.05) is 14.1 Å². The van der Waals surface area contributed by atoms with Crippen molar-refractivity contribution in [3.05, 3.63) is 40.6 Å². The summed E-state index contributed by atoms with van der Waals surface area (Å²) in [5.41, 5.74) is -0.181. The summed E-state index contributed by atoms with van der Waals surface area (Å²) in [6.45, 7) is 0. The number of thiocarbonyl (C=S) groups is 1. The first-order valence-corrected chi connectivity index (χ1v) is 4.50. The van der Waals surface area contributed by atoms with E-state index in [1.165, 1.54) is 6.07 Å². The summed E-state index contributed by atoms with van der Waals surface area (Å²) in [5, 5.41) is 0.272. The van der Waals surface area contributed by atoms with Crippen LogP contribution in [-0.4, -0.2) is 24.2 Å². The summed E-state index contributed by atoms with van der Waals surface area (Å²) < 4.78 is 5.21. The predicted molar refractivity (Wildman–Crippen MR) is 59.6 cm³/mol. The highest BCUT2D eigenvalue weighted by Gasteiger charge is 2.03. The van der Waals surface area contributed by atoms with Crippen LogP contribution in [0.1, 0.15) is 0 Å². The van der Waals surface area contributed by atoms with Gasteiger partial charge in [0.1, 0.15) is 0 Å². The molecule has 1 aromatic carbocycles. The van der Waals surface area contributed by atoms with Crippen molar-refractivity contribution in [2.45, 2.75) is 0 Å². The lowest BCUT2D eigenvalue weighted by Crippen LogP contribution is -2.26. The van der Waals surface area contributed by atoms with Crippen molar-refractivity contribution in [2.24, 2.45) is 0 Å². The molecule has 0 aliphatic rings. The second-order valence-electron chi connectivity index (χ2n) is 2.90. The van der Waals surface area contributed by atoms with Crippen molar-refractivity contribution < 1.29 is 4.74 Å². The van der Waals surface area contributed by atoms with Crippen molar-refractivity contribution in [1.82, 2.24) is 4.90 Å². The first-order chi connectivity index (χ1) is 6.61. The van der Waals surface area contributed by atoms with Gasteiger partial charge in [0.25, 0.3) is 5.17 Å². The van der Waals surface area contributed by atoms with Crippen LogP contribution in [0.15, 0.2) is 35.1 Å². The minimum atomic E-state index is -0.181. The summed E-state index contributed by atoms with van der Waals surface area (Å²) in [6.07, 6.45) is 0. The zero-order chi connectivity index (χ0) is 10.6. The Balaban J connectivity index is 2.94. The summed E-state index contributed by atoms with van der Waals surface area (Å²) in [7, 11) is 3.52. The molecule has 0 aromatic heterocycles. The van der Waals surface area contributed by atoms with Gasteiger partial charge in [-0.15, -0.1) is 0 Å². The van der Waals surface area contributed by atoms with E-state index in [4.69, 9.17) is 17.0 Å². The van der Waals surface area contributed by atoms with Crippen molar-refractivity contribution in [1.29, 1.82) is 0 Å². The van der Waals surface area contributed by atoms with Crippen molar-refractivity contribution in [2.75, 3.05) is 14.1 Å². The second kappa shape index (κ2) is 4.72. The van der Waals surface area contributed by atoms with Gasteiger partial charge in [-0.1, -0.05) is 18.2 Å². The number of rotatable bonds is 1. The van der Waals surface area contributed by atoms with Gasteiger partial charge in [-0.3, -0.25) is 4.79 Å². The van der Waals surface area contributed by atoms with Gasteiger partial charge >= 0.3 is 0 Å². The lowest BCUT2D eigenvalue weighted by atomic mass is 10.5. The molecule has 1 rings (SSSR count). The fraction of sp³-hybridized carbons (Fsp3) is 0.200. The second-order valence-corrected chi connectivity index (χ2v) is 3.25. The highest BCUT2D eigenvalue weighted by molar-refractivity contribution is 7.80. The van der Waals surface area contributed by atoms with E-state index in [1.54, 1.807) is 43.3 Å². The first-order valence-electron chi connectivity index (χ1n) is 4.10. The van der Waals surface area contributed by atoms with Crippen LogP contribution < -0.4 is 10.2 Å². The Morgan fingerprint density at radius 1 is 1.29 bits per heavy atom. The highest BCUT2D eigenvalue weighted by atomic mass is 32.1. The molecule has 0 aliphatic carbocycles. The largest absolute Gasteiger partial charge is 0.428 e. The molecule has 4 heteroatoms. The van der Waals surface area contributed by atoms with Crippen molar-refractivity contribution >= 4 is 17.4 Å². The molecule has 1 aromatic rings. The van der Waals surface area contributed by atoms with Gasteiger partial charge in [-0.25, -0.2) is 0 Å². The van der Waals surface area contributed by atoms with Crippen LogP contribution >= 0.6 is 12.2 Å². The molecule has 0 atom stereocenters. The number of hydrogen-bond donors (Lipinski definition) is 0. The molecule has 0 unspecified atom stereocenters. The van der Waals surface area contributed by atoms with Gasteiger partial charge in [0.05, 0.1) is 0 Å². The van der Waals surface area contributed by atoms with Gasteiger partial charge in [0.2, 0.25) is 5.43 Å². The van der Waals surface area contributed by atoms with Gasteiger partial charge in [0.15, 0.2) is 5.75 Å². The molecule has 3 nitrogen and oxygen atoms in total. The molecule has 0 amide bonds. The average molecular weight is 209 g/mol. The van der Waals surface area contributed by atoms with Crippen molar-refractivity contribution in [3.63, 3.8) is 0 Å².